The lowest BCUT2D eigenvalue weighted by atomic mass is 10.0. The number of nitrogens with zero attached hydrogens (tertiary/aromatic N) is 1. The van der Waals surface area contributed by atoms with E-state index in [9.17, 15) is 19.2 Å². The molecular formula is C30H36N2O7. The molecule has 1 heterocycles. The van der Waals surface area contributed by atoms with Crippen molar-refractivity contribution in [1.29, 1.82) is 0 Å². The number of nitrogens with one attached hydrogen (secondary N) is 1. The van der Waals surface area contributed by atoms with Crippen LogP contribution >= 0.6 is 0 Å². The van der Waals surface area contributed by atoms with Crippen LogP contribution in [0.5, 0.6) is 5.75 Å². The Balaban J connectivity index is 1.38. The van der Waals surface area contributed by atoms with Gasteiger partial charge in [-0.1, -0.05) is 30.3 Å². The molecule has 0 aromatic heterocycles. The number of fused-ring (bicyclic) bond motifs is 1. The summed E-state index contributed by atoms with van der Waals surface area (Å²) in [6, 6.07) is 14.9. The van der Waals surface area contributed by atoms with Gasteiger partial charge in [0, 0.05) is 37.9 Å². The van der Waals surface area contributed by atoms with Crippen molar-refractivity contribution in [2.45, 2.75) is 58.5 Å². The van der Waals surface area contributed by atoms with Crippen LogP contribution in [0.2, 0.25) is 0 Å². The van der Waals surface area contributed by atoms with Crippen molar-refractivity contribution >= 4 is 34.8 Å². The molecule has 3 rings (SSSR count). The first-order valence-electron chi connectivity index (χ1n) is 13.1. The number of para-hydroxylation sites is 2. The summed E-state index contributed by atoms with van der Waals surface area (Å²) in [4.78, 5) is 53.1. The highest BCUT2D eigenvalue weighted by atomic mass is 16.6. The molecule has 1 amide bonds. The summed E-state index contributed by atoms with van der Waals surface area (Å²) >= 11 is 0. The van der Waals surface area contributed by atoms with Gasteiger partial charge in [-0.2, -0.15) is 0 Å². The SMILES string of the molecule is CC(C)(C)OC(=O)CNC(=O)CCOCCCC(=O)COc1ccccc1C1=Nc2ccccc2CC(=O)C1. The minimum atomic E-state index is -0.603. The van der Waals surface area contributed by atoms with Gasteiger partial charge in [0.15, 0.2) is 5.78 Å². The molecule has 0 fully saturated rings. The van der Waals surface area contributed by atoms with E-state index in [0.29, 0.717) is 36.5 Å². The molecule has 39 heavy (non-hydrogen) atoms. The third kappa shape index (κ3) is 10.4. The van der Waals surface area contributed by atoms with Crippen molar-refractivity contribution in [2.75, 3.05) is 26.4 Å². The number of ketones is 2. The molecule has 1 N–H and O–H groups in total. The van der Waals surface area contributed by atoms with Gasteiger partial charge in [-0.05, 0) is 51.0 Å². The summed E-state index contributed by atoms with van der Waals surface area (Å²) in [6.45, 7) is 5.47. The van der Waals surface area contributed by atoms with E-state index in [2.05, 4.69) is 5.32 Å². The summed E-state index contributed by atoms with van der Waals surface area (Å²) < 4.78 is 16.4. The Labute approximate surface area is 228 Å². The molecule has 0 atom stereocenters. The Morgan fingerprint density at radius 1 is 0.949 bits per heavy atom. The van der Waals surface area contributed by atoms with Crippen molar-refractivity contribution < 1.29 is 33.4 Å². The van der Waals surface area contributed by atoms with E-state index in [1.165, 1.54) is 0 Å². The summed E-state index contributed by atoms with van der Waals surface area (Å²) in [5, 5.41) is 2.49. The van der Waals surface area contributed by atoms with Gasteiger partial charge in [0.25, 0.3) is 0 Å². The highest BCUT2D eigenvalue weighted by molar-refractivity contribution is 6.14. The number of carbonyl (C=O) groups excluding carboxylic acids is 4. The second-order valence-electron chi connectivity index (χ2n) is 10.2. The fraction of sp³-hybridized carbons (Fsp3) is 0.433. The second-order valence-corrected chi connectivity index (χ2v) is 10.2. The lowest BCUT2D eigenvalue weighted by molar-refractivity contribution is -0.154. The van der Waals surface area contributed by atoms with E-state index in [0.717, 1.165) is 11.3 Å². The predicted molar refractivity (Wildman–Crippen MR) is 146 cm³/mol. The molecule has 2 aromatic carbocycles. The smallest absolute Gasteiger partial charge is 0.325 e. The molecule has 1 aliphatic rings. The maximum Gasteiger partial charge on any atom is 0.325 e. The molecule has 0 spiro atoms. The second kappa shape index (κ2) is 14.3. The Morgan fingerprint density at radius 2 is 1.69 bits per heavy atom. The average molecular weight is 537 g/mol. The van der Waals surface area contributed by atoms with Crippen LogP contribution in [0.15, 0.2) is 53.5 Å². The van der Waals surface area contributed by atoms with E-state index in [4.69, 9.17) is 19.2 Å². The van der Waals surface area contributed by atoms with Gasteiger partial charge in [0.05, 0.1) is 18.0 Å². The van der Waals surface area contributed by atoms with Crippen LogP contribution in [0.3, 0.4) is 0 Å². The minimum absolute atomic E-state index is 0.0742. The van der Waals surface area contributed by atoms with Gasteiger partial charge < -0.3 is 19.5 Å². The van der Waals surface area contributed by atoms with E-state index < -0.39 is 11.6 Å². The first kappa shape index (κ1) is 29.7. The van der Waals surface area contributed by atoms with E-state index in [1.54, 1.807) is 26.8 Å². The van der Waals surface area contributed by atoms with Gasteiger partial charge in [0.1, 0.15) is 30.3 Å². The van der Waals surface area contributed by atoms with Gasteiger partial charge in [0.2, 0.25) is 5.91 Å². The quantitative estimate of drug-likeness (QED) is 0.304. The standard InChI is InChI=1S/C30H36N2O7/c1-30(2,3)39-29(36)19-31-28(35)14-16-37-15-8-10-22(33)20-38-27-13-7-5-11-24(27)26-18-23(34)17-21-9-4-6-12-25(21)32-26/h4-7,9,11-13H,8,10,14-20H2,1-3H3,(H,31,35). The van der Waals surface area contributed by atoms with Gasteiger partial charge in [-0.15, -0.1) is 0 Å². The van der Waals surface area contributed by atoms with Crippen LogP contribution in [0.25, 0.3) is 0 Å². The van der Waals surface area contributed by atoms with Crippen LogP contribution in [-0.2, 0) is 35.1 Å². The van der Waals surface area contributed by atoms with E-state index in [1.807, 2.05) is 42.5 Å². The fourth-order valence-corrected chi connectivity index (χ4v) is 3.91. The number of Topliss-reactive ketones (excluding diaryl/α,β-unsaturated/α-hetero) is 2. The van der Waals surface area contributed by atoms with Gasteiger partial charge in [-0.3, -0.25) is 24.2 Å². The number of hydrogen-bond acceptors (Lipinski definition) is 8. The highest BCUT2D eigenvalue weighted by Crippen LogP contribution is 2.28. The Kier molecular flexibility index (Phi) is 10.9. The predicted octanol–water partition coefficient (Wildman–Crippen LogP) is 3.92. The number of carbonyl (C=O) groups is 4. The molecule has 0 saturated carbocycles. The topological polar surface area (TPSA) is 120 Å². The minimum Gasteiger partial charge on any atom is -0.485 e. The molecule has 9 heteroatoms. The zero-order valence-corrected chi connectivity index (χ0v) is 22.8. The van der Waals surface area contributed by atoms with Crippen molar-refractivity contribution in [3.63, 3.8) is 0 Å². The number of rotatable bonds is 13. The molecule has 1 aliphatic heterocycles. The molecule has 0 bridgehead atoms. The number of hydrogen-bond donors (Lipinski definition) is 1. The number of ether oxygens (including phenoxy) is 3. The lowest BCUT2D eigenvalue weighted by Crippen LogP contribution is -2.34. The summed E-state index contributed by atoms with van der Waals surface area (Å²) in [6.07, 6.45) is 1.39. The normalized spacial score (nSPS) is 13.1. The molecule has 2 aromatic rings. The zero-order valence-electron chi connectivity index (χ0n) is 22.8. The number of amides is 1. The number of aliphatic imine (C=N–C) groups is 1. The van der Waals surface area contributed by atoms with Crippen LogP contribution in [-0.4, -0.2) is 61.1 Å². The van der Waals surface area contributed by atoms with Crippen molar-refractivity contribution in [1.82, 2.24) is 5.32 Å². The first-order chi connectivity index (χ1) is 18.6. The third-order valence-electron chi connectivity index (χ3n) is 5.65. The van der Waals surface area contributed by atoms with Crippen molar-refractivity contribution in [3.8, 4) is 5.75 Å². The monoisotopic (exact) mass is 536 g/mol. The summed E-state index contributed by atoms with van der Waals surface area (Å²) in [5.74, 6) is -0.322. The van der Waals surface area contributed by atoms with Crippen molar-refractivity contribution in [3.05, 3.63) is 59.7 Å². The van der Waals surface area contributed by atoms with Crippen molar-refractivity contribution in [2.24, 2.45) is 4.99 Å². The summed E-state index contributed by atoms with van der Waals surface area (Å²) in [5.41, 5.74) is 2.38. The van der Waals surface area contributed by atoms with Crippen LogP contribution in [0.1, 0.15) is 57.6 Å². The largest absolute Gasteiger partial charge is 0.485 e. The van der Waals surface area contributed by atoms with Gasteiger partial charge >= 0.3 is 5.97 Å². The molecule has 0 saturated heterocycles. The summed E-state index contributed by atoms with van der Waals surface area (Å²) in [7, 11) is 0. The average Bonchev–Trinajstić information content (AvgIpc) is 3.05. The Hall–Kier alpha value is -3.85. The van der Waals surface area contributed by atoms with Crippen LogP contribution < -0.4 is 10.1 Å². The Bertz CT molecular complexity index is 1210. The Morgan fingerprint density at radius 3 is 2.49 bits per heavy atom. The lowest BCUT2D eigenvalue weighted by Gasteiger charge is -2.19. The highest BCUT2D eigenvalue weighted by Gasteiger charge is 2.20. The number of benzene rings is 2. The first-order valence-corrected chi connectivity index (χ1v) is 13.1. The third-order valence-corrected chi connectivity index (χ3v) is 5.65. The fourth-order valence-electron chi connectivity index (χ4n) is 3.91. The van der Waals surface area contributed by atoms with E-state index in [-0.39, 0.29) is 56.5 Å². The van der Waals surface area contributed by atoms with Crippen LogP contribution in [0, 0.1) is 0 Å². The van der Waals surface area contributed by atoms with E-state index >= 15 is 0 Å². The maximum absolute atomic E-state index is 12.5. The molecule has 0 aliphatic carbocycles. The molecule has 0 unspecified atom stereocenters. The molecular weight excluding hydrogens is 500 g/mol. The van der Waals surface area contributed by atoms with Gasteiger partial charge in [-0.25, -0.2) is 0 Å². The van der Waals surface area contributed by atoms with Crippen LogP contribution in [0.4, 0.5) is 5.69 Å². The molecule has 9 nitrogen and oxygen atoms in total. The number of esters is 1. The maximum atomic E-state index is 12.5. The molecule has 0 radical (unpaired) electrons. The zero-order chi connectivity index (χ0) is 28.3. The molecule has 208 valence electrons.